The molecule has 3 rings (SSSR count). The molecule has 0 aliphatic carbocycles. The number of rotatable bonds is 7. The normalized spacial score (nSPS) is 16.1. The Balaban J connectivity index is 1.51. The van der Waals surface area contributed by atoms with E-state index < -0.39 is 0 Å². The lowest BCUT2D eigenvalue weighted by Crippen LogP contribution is -2.44. The van der Waals surface area contributed by atoms with Gasteiger partial charge >= 0.3 is 0 Å². The first-order chi connectivity index (χ1) is 14.4. The summed E-state index contributed by atoms with van der Waals surface area (Å²) in [6, 6.07) is 15.5. The van der Waals surface area contributed by atoms with Gasteiger partial charge in [0.2, 0.25) is 11.8 Å². The number of carbonyl (C=O) groups is 2. The van der Waals surface area contributed by atoms with Gasteiger partial charge in [-0.1, -0.05) is 18.2 Å². The van der Waals surface area contributed by atoms with Gasteiger partial charge in [-0.3, -0.25) is 9.59 Å². The van der Waals surface area contributed by atoms with Crippen LogP contribution in [0.1, 0.15) is 24.8 Å². The number of nitrogens with zero attached hydrogens (tertiary/aromatic N) is 2. The van der Waals surface area contributed by atoms with E-state index in [1.54, 1.807) is 4.90 Å². The van der Waals surface area contributed by atoms with Crippen molar-refractivity contribution in [2.45, 2.75) is 26.2 Å². The molecule has 1 aliphatic rings. The molecule has 1 unspecified atom stereocenters. The van der Waals surface area contributed by atoms with Crippen molar-refractivity contribution in [3.8, 4) is 5.75 Å². The molecule has 1 heterocycles. The fraction of sp³-hybridized carbons (Fsp3) is 0.417. The van der Waals surface area contributed by atoms with Gasteiger partial charge in [-0.2, -0.15) is 0 Å². The second-order valence-electron chi connectivity index (χ2n) is 7.97. The lowest BCUT2D eigenvalue weighted by atomic mass is 9.96. The average molecular weight is 410 g/mol. The lowest BCUT2D eigenvalue weighted by Gasteiger charge is -2.32. The molecule has 2 amide bonds. The fourth-order valence-corrected chi connectivity index (χ4v) is 3.65. The number of aryl methyl sites for hydroxylation is 1. The van der Waals surface area contributed by atoms with E-state index in [9.17, 15) is 9.59 Å². The predicted octanol–water partition coefficient (Wildman–Crippen LogP) is 3.71. The standard InChI is InChI=1S/C24H31N3O3/c1-18-16-20(26(2)3)11-12-22(18)25-24(29)19-8-7-14-27(17-19)23(28)13-15-30-21-9-5-4-6-10-21/h4-6,9-12,16,19H,7-8,13-15,17H2,1-3H3,(H,25,29). The Hall–Kier alpha value is -3.02. The highest BCUT2D eigenvalue weighted by Gasteiger charge is 2.28. The van der Waals surface area contributed by atoms with Gasteiger partial charge in [0, 0.05) is 38.6 Å². The van der Waals surface area contributed by atoms with Crippen LogP contribution in [0.15, 0.2) is 48.5 Å². The van der Waals surface area contributed by atoms with Crippen molar-refractivity contribution in [3.05, 3.63) is 54.1 Å². The Bertz CT molecular complexity index is 867. The van der Waals surface area contributed by atoms with Gasteiger partial charge in [0.15, 0.2) is 0 Å². The minimum Gasteiger partial charge on any atom is -0.493 e. The fourth-order valence-electron chi connectivity index (χ4n) is 3.65. The molecule has 0 saturated carbocycles. The van der Waals surface area contributed by atoms with Crippen molar-refractivity contribution in [2.24, 2.45) is 5.92 Å². The van der Waals surface area contributed by atoms with Crippen LogP contribution in [0.4, 0.5) is 11.4 Å². The highest BCUT2D eigenvalue weighted by molar-refractivity contribution is 5.94. The smallest absolute Gasteiger partial charge is 0.229 e. The Morgan fingerprint density at radius 2 is 1.93 bits per heavy atom. The van der Waals surface area contributed by atoms with Crippen LogP contribution in [0.5, 0.6) is 5.75 Å². The number of amides is 2. The highest BCUT2D eigenvalue weighted by Crippen LogP contribution is 2.24. The largest absolute Gasteiger partial charge is 0.493 e. The van der Waals surface area contributed by atoms with E-state index in [1.807, 2.05) is 68.4 Å². The van der Waals surface area contributed by atoms with Crippen molar-refractivity contribution < 1.29 is 14.3 Å². The molecular weight excluding hydrogens is 378 g/mol. The second-order valence-corrected chi connectivity index (χ2v) is 7.97. The summed E-state index contributed by atoms with van der Waals surface area (Å²) in [5.41, 5.74) is 2.94. The van der Waals surface area contributed by atoms with E-state index in [1.165, 1.54) is 0 Å². The van der Waals surface area contributed by atoms with Gasteiger partial charge in [-0.15, -0.1) is 0 Å². The first-order valence-corrected chi connectivity index (χ1v) is 10.5. The molecule has 1 saturated heterocycles. The molecule has 1 atom stereocenters. The minimum absolute atomic E-state index is 0.0197. The zero-order chi connectivity index (χ0) is 21.5. The first kappa shape index (κ1) is 21.7. The summed E-state index contributed by atoms with van der Waals surface area (Å²) in [4.78, 5) is 29.2. The molecule has 0 aromatic heterocycles. The van der Waals surface area contributed by atoms with E-state index in [0.29, 0.717) is 26.1 Å². The van der Waals surface area contributed by atoms with Gasteiger partial charge in [0.05, 0.1) is 18.9 Å². The van der Waals surface area contributed by atoms with Crippen LogP contribution in [0.25, 0.3) is 0 Å². The van der Waals surface area contributed by atoms with E-state index in [2.05, 4.69) is 11.4 Å². The highest BCUT2D eigenvalue weighted by atomic mass is 16.5. The number of hydrogen-bond donors (Lipinski definition) is 1. The molecule has 0 spiro atoms. The predicted molar refractivity (Wildman–Crippen MR) is 120 cm³/mol. The van der Waals surface area contributed by atoms with Gasteiger partial charge in [0.1, 0.15) is 5.75 Å². The SMILES string of the molecule is Cc1cc(N(C)C)ccc1NC(=O)C1CCCN(C(=O)CCOc2ccccc2)C1. The maximum atomic E-state index is 12.8. The number of likely N-dealkylation sites (tertiary alicyclic amines) is 1. The van der Waals surface area contributed by atoms with E-state index in [0.717, 1.165) is 35.5 Å². The minimum atomic E-state index is -0.189. The molecule has 2 aromatic carbocycles. The van der Waals surface area contributed by atoms with Crippen LogP contribution >= 0.6 is 0 Å². The third-order valence-corrected chi connectivity index (χ3v) is 5.46. The Labute approximate surface area is 178 Å². The summed E-state index contributed by atoms with van der Waals surface area (Å²) in [5.74, 6) is 0.589. The molecule has 160 valence electrons. The van der Waals surface area contributed by atoms with Crippen molar-refractivity contribution >= 4 is 23.2 Å². The van der Waals surface area contributed by atoms with Gasteiger partial charge in [0.25, 0.3) is 0 Å². The summed E-state index contributed by atoms with van der Waals surface area (Å²) in [7, 11) is 3.98. The van der Waals surface area contributed by atoms with E-state index in [4.69, 9.17) is 4.74 Å². The third kappa shape index (κ3) is 5.75. The zero-order valence-corrected chi connectivity index (χ0v) is 18.1. The maximum Gasteiger partial charge on any atom is 0.229 e. The molecule has 0 radical (unpaired) electrons. The van der Waals surface area contributed by atoms with E-state index in [-0.39, 0.29) is 17.7 Å². The number of carbonyl (C=O) groups excluding carboxylic acids is 2. The zero-order valence-electron chi connectivity index (χ0n) is 18.1. The monoisotopic (exact) mass is 409 g/mol. The average Bonchev–Trinajstić information content (AvgIpc) is 2.75. The molecule has 30 heavy (non-hydrogen) atoms. The summed E-state index contributed by atoms with van der Waals surface area (Å²) in [6.07, 6.45) is 1.95. The summed E-state index contributed by atoms with van der Waals surface area (Å²) in [6.45, 7) is 3.50. The van der Waals surface area contributed by atoms with Crippen molar-refractivity contribution in [1.82, 2.24) is 4.90 Å². The number of ether oxygens (including phenoxy) is 1. The van der Waals surface area contributed by atoms with Crippen LogP contribution in [0.3, 0.4) is 0 Å². The van der Waals surface area contributed by atoms with Crippen LogP contribution in [0.2, 0.25) is 0 Å². The van der Waals surface area contributed by atoms with Gasteiger partial charge in [-0.05, 0) is 55.7 Å². The number of para-hydroxylation sites is 1. The molecule has 6 nitrogen and oxygen atoms in total. The van der Waals surface area contributed by atoms with Crippen LogP contribution < -0.4 is 15.0 Å². The number of anilines is 2. The molecule has 6 heteroatoms. The van der Waals surface area contributed by atoms with Gasteiger partial charge < -0.3 is 19.9 Å². The molecule has 2 aromatic rings. The van der Waals surface area contributed by atoms with Crippen LogP contribution in [-0.2, 0) is 9.59 Å². The number of piperidine rings is 1. The van der Waals surface area contributed by atoms with Crippen LogP contribution in [0, 0.1) is 12.8 Å². The maximum absolute atomic E-state index is 12.8. The third-order valence-electron chi connectivity index (χ3n) is 5.46. The van der Waals surface area contributed by atoms with Crippen molar-refractivity contribution in [3.63, 3.8) is 0 Å². The Kier molecular flexibility index (Phi) is 7.33. The number of hydrogen-bond acceptors (Lipinski definition) is 4. The van der Waals surface area contributed by atoms with E-state index >= 15 is 0 Å². The second kappa shape index (κ2) is 10.1. The van der Waals surface area contributed by atoms with Crippen molar-refractivity contribution in [1.29, 1.82) is 0 Å². The molecular formula is C24H31N3O3. The summed E-state index contributed by atoms with van der Waals surface area (Å²) < 4.78 is 5.63. The molecule has 1 aliphatic heterocycles. The first-order valence-electron chi connectivity index (χ1n) is 10.5. The number of benzene rings is 2. The quantitative estimate of drug-likeness (QED) is 0.757. The van der Waals surface area contributed by atoms with Gasteiger partial charge in [-0.25, -0.2) is 0 Å². The molecule has 0 bridgehead atoms. The Morgan fingerprint density at radius 3 is 2.63 bits per heavy atom. The van der Waals surface area contributed by atoms with Crippen molar-refractivity contribution in [2.75, 3.05) is 44.0 Å². The molecule has 1 N–H and O–H groups in total. The summed E-state index contributed by atoms with van der Waals surface area (Å²) in [5, 5.41) is 3.05. The summed E-state index contributed by atoms with van der Waals surface area (Å²) >= 11 is 0. The Morgan fingerprint density at radius 1 is 1.17 bits per heavy atom. The number of nitrogens with one attached hydrogen (secondary N) is 1. The topological polar surface area (TPSA) is 61.9 Å². The van der Waals surface area contributed by atoms with Crippen LogP contribution in [-0.4, -0.2) is 50.5 Å². The molecule has 1 fully saturated rings. The lowest BCUT2D eigenvalue weighted by molar-refractivity contribution is -0.135.